The molecule has 0 bridgehead atoms. The first kappa shape index (κ1) is 16.6. The first-order valence-electron chi connectivity index (χ1n) is 3.88. The molecule has 0 aliphatic rings. The Balaban J connectivity index is 0. The molecule has 2 N–H and O–H groups in total. The highest BCUT2D eigenvalue weighted by Crippen LogP contribution is 2.20. The van der Waals surface area contributed by atoms with E-state index in [-0.39, 0.29) is 30.2 Å². The van der Waals surface area contributed by atoms with Gasteiger partial charge < -0.3 is 5.73 Å². The van der Waals surface area contributed by atoms with Gasteiger partial charge in [-0.25, -0.2) is 0 Å². The van der Waals surface area contributed by atoms with Gasteiger partial charge in [0.05, 0.1) is 0 Å². The zero-order valence-electron chi connectivity index (χ0n) is 8.16. The van der Waals surface area contributed by atoms with Crippen molar-refractivity contribution in [3.05, 3.63) is 28.5 Å². The number of hydrogen-bond donors (Lipinski definition) is 1. The summed E-state index contributed by atoms with van der Waals surface area (Å²) >= 11 is 3.34. The Labute approximate surface area is 106 Å². The van der Waals surface area contributed by atoms with Gasteiger partial charge in [0, 0.05) is 28.3 Å². The lowest BCUT2D eigenvalue weighted by Crippen LogP contribution is -2.29. The van der Waals surface area contributed by atoms with Gasteiger partial charge in [0.15, 0.2) is 0 Å². The van der Waals surface area contributed by atoms with Crippen LogP contribution in [-0.4, -0.2) is 11.5 Å². The molecular weight excluding hydrogens is 287 g/mol. The molecule has 0 fully saturated rings. The third-order valence-corrected chi connectivity index (χ3v) is 2.40. The van der Waals surface area contributed by atoms with Gasteiger partial charge in [-0.05, 0) is 28.1 Å². The Morgan fingerprint density at radius 3 is 2.29 bits per heavy atom. The molecule has 0 saturated heterocycles. The minimum atomic E-state index is -0.0271. The first-order chi connectivity index (χ1) is 5.56. The van der Waals surface area contributed by atoms with Crippen molar-refractivity contribution in [1.82, 2.24) is 4.98 Å². The Kier molecular flexibility index (Phi) is 7.84. The second-order valence-electron chi connectivity index (χ2n) is 3.45. The molecule has 0 aliphatic carbocycles. The molecule has 1 aromatic heterocycles. The Hall–Kier alpha value is 0.170. The van der Waals surface area contributed by atoms with Gasteiger partial charge in [-0.15, -0.1) is 24.8 Å². The normalized spacial score (nSPS) is 10.0. The maximum atomic E-state index is 5.62. The van der Waals surface area contributed by atoms with Crippen molar-refractivity contribution < 1.29 is 0 Å². The van der Waals surface area contributed by atoms with Gasteiger partial charge in [0.2, 0.25) is 0 Å². The summed E-state index contributed by atoms with van der Waals surface area (Å²) in [6, 6.07) is 3.98. The van der Waals surface area contributed by atoms with Crippen molar-refractivity contribution >= 4 is 40.7 Å². The van der Waals surface area contributed by atoms with Gasteiger partial charge in [0.1, 0.15) is 0 Å². The minimum Gasteiger partial charge on any atom is -0.330 e. The molecule has 14 heavy (non-hydrogen) atoms. The van der Waals surface area contributed by atoms with Crippen molar-refractivity contribution in [3.63, 3.8) is 0 Å². The van der Waals surface area contributed by atoms with E-state index in [1.807, 2.05) is 12.1 Å². The second kappa shape index (κ2) is 6.62. The highest BCUT2D eigenvalue weighted by molar-refractivity contribution is 9.10. The van der Waals surface area contributed by atoms with Crippen molar-refractivity contribution in [1.29, 1.82) is 0 Å². The molecular formula is C9H15BrCl2N2. The van der Waals surface area contributed by atoms with E-state index < -0.39 is 0 Å². The zero-order valence-corrected chi connectivity index (χ0v) is 11.4. The van der Waals surface area contributed by atoms with Crippen LogP contribution in [0.3, 0.4) is 0 Å². The van der Waals surface area contributed by atoms with E-state index in [0.29, 0.717) is 6.54 Å². The van der Waals surface area contributed by atoms with E-state index in [4.69, 9.17) is 5.73 Å². The smallest absolute Gasteiger partial charge is 0.0473 e. The van der Waals surface area contributed by atoms with E-state index in [0.717, 1.165) is 10.2 Å². The van der Waals surface area contributed by atoms with Crippen LogP contribution in [0.25, 0.3) is 0 Å². The van der Waals surface area contributed by atoms with Gasteiger partial charge >= 0.3 is 0 Å². The Bertz CT molecular complexity index is 262. The number of aromatic nitrogens is 1. The average Bonchev–Trinajstić information content (AvgIpc) is 2.05. The molecule has 0 spiro atoms. The van der Waals surface area contributed by atoms with E-state index in [1.165, 1.54) is 0 Å². The highest BCUT2D eigenvalue weighted by atomic mass is 79.9. The van der Waals surface area contributed by atoms with Crippen LogP contribution < -0.4 is 5.73 Å². The fourth-order valence-electron chi connectivity index (χ4n) is 0.881. The maximum Gasteiger partial charge on any atom is 0.0473 e. The SMILES string of the molecule is CC(C)(CN)c1ccc(Br)cn1.Cl.Cl. The summed E-state index contributed by atoms with van der Waals surface area (Å²) in [5.41, 5.74) is 6.63. The van der Waals surface area contributed by atoms with Gasteiger partial charge in [0.25, 0.3) is 0 Å². The molecule has 1 aromatic rings. The average molecular weight is 302 g/mol. The van der Waals surface area contributed by atoms with Crippen molar-refractivity contribution in [3.8, 4) is 0 Å². The highest BCUT2D eigenvalue weighted by Gasteiger charge is 2.19. The van der Waals surface area contributed by atoms with Crippen LogP contribution in [-0.2, 0) is 5.41 Å². The topological polar surface area (TPSA) is 38.9 Å². The summed E-state index contributed by atoms with van der Waals surface area (Å²) in [4.78, 5) is 4.29. The van der Waals surface area contributed by atoms with Gasteiger partial charge in [-0.3, -0.25) is 4.98 Å². The summed E-state index contributed by atoms with van der Waals surface area (Å²) < 4.78 is 0.999. The quantitative estimate of drug-likeness (QED) is 0.912. The maximum absolute atomic E-state index is 5.62. The third kappa shape index (κ3) is 4.13. The largest absolute Gasteiger partial charge is 0.330 e. The number of hydrogen-bond acceptors (Lipinski definition) is 2. The Morgan fingerprint density at radius 2 is 1.93 bits per heavy atom. The van der Waals surface area contributed by atoms with Crippen LogP contribution >= 0.6 is 40.7 Å². The minimum absolute atomic E-state index is 0. The Morgan fingerprint density at radius 1 is 1.36 bits per heavy atom. The molecule has 2 nitrogen and oxygen atoms in total. The number of nitrogens with zero attached hydrogens (tertiary/aromatic N) is 1. The molecule has 0 atom stereocenters. The predicted octanol–water partition coefficient (Wildman–Crippen LogP) is 2.92. The molecule has 1 rings (SSSR count). The van der Waals surface area contributed by atoms with E-state index >= 15 is 0 Å². The van der Waals surface area contributed by atoms with Crippen LogP contribution in [0.2, 0.25) is 0 Å². The van der Waals surface area contributed by atoms with Gasteiger partial charge in [-0.1, -0.05) is 13.8 Å². The van der Waals surface area contributed by atoms with Crippen LogP contribution in [0.15, 0.2) is 22.8 Å². The molecule has 0 aromatic carbocycles. The summed E-state index contributed by atoms with van der Waals surface area (Å²) in [7, 11) is 0. The standard InChI is InChI=1S/C9H13BrN2.2ClH/c1-9(2,6-11)8-4-3-7(10)5-12-8;;/h3-5H,6,11H2,1-2H3;2*1H. The summed E-state index contributed by atoms with van der Waals surface area (Å²) in [6.45, 7) is 4.79. The number of pyridine rings is 1. The van der Waals surface area contributed by atoms with E-state index in [1.54, 1.807) is 6.20 Å². The van der Waals surface area contributed by atoms with Crippen molar-refractivity contribution in [2.24, 2.45) is 5.73 Å². The molecule has 0 aliphatic heterocycles. The number of rotatable bonds is 2. The monoisotopic (exact) mass is 300 g/mol. The van der Waals surface area contributed by atoms with Crippen LogP contribution in [0.1, 0.15) is 19.5 Å². The molecule has 0 unspecified atom stereocenters. The predicted molar refractivity (Wildman–Crippen MR) is 68.5 cm³/mol. The lowest BCUT2D eigenvalue weighted by molar-refractivity contribution is 0.521. The molecule has 82 valence electrons. The van der Waals surface area contributed by atoms with Crippen molar-refractivity contribution in [2.75, 3.05) is 6.54 Å². The molecule has 1 heterocycles. The molecule has 5 heteroatoms. The van der Waals surface area contributed by atoms with Crippen LogP contribution in [0.5, 0.6) is 0 Å². The first-order valence-corrected chi connectivity index (χ1v) is 4.67. The lowest BCUT2D eigenvalue weighted by Gasteiger charge is -2.21. The molecule has 0 saturated carbocycles. The van der Waals surface area contributed by atoms with Crippen LogP contribution in [0.4, 0.5) is 0 Å². The molecule has 0 radical (unpaired) electrons. The summed E-state index contributed by atoms with van der Waals surface area (Å²) in [5.74, 6) is 0. The van der Waals surface area contributed by atoms with Crippen molar-refractivity contribution in [2.45, 2.75) is 19.3 Å². The summed E-state index contributed by atoms with van der Waals surface area (Å²) in [6.07, 6.45) is 1.80. The second-order valence-corrected chi connectivity index (χ2v) is 4.37. The van der Waals surface area contributed by atoms with Gasteiger partial charge in [-0.2, -0.15) is 0 Å². The zero-order chi connectivity index (χ0) is 9.19. The third-order valence-electron chi connectivity index (χ3n) is 1.93. The number of nitrogens with two attached hydrogens (primary N) is 1. The fourth-order valence-corrected chi connectivity index (χ4v) is 1.12. The van der Waals surface area contributed by atoms with E-state index in [9.17, 15) is 0 Å². The fraction of sp³-hybridized carbons (Fsp3) is 0.444. The lowest BCUT2D eigenvalue weighted by atomic mass is 9.89. The van der Waals surface area contributed by atoms with E-state index in [2.05, 4.69) is 34.8 Å². The number of halogens is 3. The van der Waals surface area contributed by atoms with Crippen LogP contribution in [0, 0.1) is 0 Å². The summed E-state index contributed by atoms with van der Waals surface area (Å²) in [5, 5.41) is 0. The molecule has 0 amide bonds.